The molecule has 2 N–H and O–H groups in total. The highest BCUT2D eigenvalue weighted by Gasteiger charge is 2.31. The summed E-state index contributed by atoms with van der Waals surface area (Å²) in [7, 11) is 2.20. The Bertz CT molecular complexity index is 102. The van der Waals surface area contributed by atoms with Crippen molar-refractivity contribution in [3.05, 3.63) is 0 Å². The van der Waals surface area contributed by atoms with E-state index in [-0.39, 0.29) is 6.10 Å². The number of rotatable bonds is 0. The molecule has 0 radical (unpaired) electrons. The first-order valence-electron chi connectivity index (χ1n) is 4.13. The van der Waals surface area contributed by atoms with Gasteiger partial charge in [-0.25, -0.2) is 0 Å². The topological polar surface area (TPSA) is 24.7 Å². The van der Waals surface area contributed by atoms with Crippen LogP contribution < -0.4 is 4.90 Å². The van der Waals surface area contributed by atoms with Crippen LogP contribution in [-0.2, 0) is 0 Å². The Hall–Kier alpha value is -0.0800. The number of hydrogen-bond donors (Lipinski definition) is 2. The molecule has 0 amide bonds. The number of piperidine rings is 1. The molecule has 0 aliphatic carbocycles. The van der Waals surface area contributed by atoms with Gasteiger partial charge in [-0.05, 0) is 6.92 Å². The van der Waals surface area contributed by atoms with Gasteiger partial charge in [-0.3, -0.25) is 0 Å². The van der Waals surface area contributed by atoms with Crippen LogP contribution in [0.5, 0.6) is 0 Å². The number of quaternary nitrogens is 1. The van der Waals surface area contributed by atoms with Crippen LogP contribution in [0, 0.1) is 5.92 Å². The van der Waals surface area contributed by atoms with Gasteiger partial charge in [0.1, 0.15) is 0 Å². The molecule has 2 heteroatoms. The molecule has 2 nitrogen and oxygen atoms in total. The maximum absolute atomic E-state index is 9.45. The van der Waals surface area contributed by atoms with Crippen molar-refractivity contribution in [1.82, 2.24) is 0 Å². The first kappa shape index (κ1) is 8.02. The average molecular weight is 144 g/mol. The molecule has 1 saturated heterocycles. The zero-order chi connectivity index (χ0) is 7.72. The lowest BCUT2D eigenvalue weighted by Gasteiger charge is -2.35. The lowest BCUT2D eigenvalue weighted by atomic mass is 9.90. The second-order valence-electron chi connectivity index (χ2n) is 3.60. The third-order valence-corrected chi connectivity index (χ3v) is 3.01. The van der Waals surface area contributed by atoms with Crippen LogP contribution in [0.2, 0.25) is 0 Å². The van der Waals surface area contributed by atoms with Gasteiger partial charge in [-0.2, -0.15) is 0 Å². The standard InChI is InChI=1S/C8H17NO/c1-6-7(2)9(3)5-4-8(6)10/h6-8,10H,4-5H2,1-3H3/p+1/t6-,7-,8-/m1/s1. The van der Waals surface area contributed by atoms with Gasteiger partial charge in [0, 0.05) is 12.3 Å². The van der Waals surface area contributed by atoms with Gasteiger partial charge in [-0.15, -0.1) is 0 Å². The summed E-state index contributed by atoms with van der Waals surface area (Å²) < 4.78 is 0. The van der Waals surface area contributed by atoms with Crippen LogP contribution in [0.1, 0.15) is 20.3 Å². The third kappa shape index (κ3) is 1.32. The largest absolute Gasteiger partial charge is 0.392 e. The lowest BCUT2D eigenvalue weighted by molar-refractivity contribution is -0.914. The van der Waals surface area contributed by atoms with E-state index in [1.807, 2.05) is 0 Å². The SMILES string of the molecule is C[C@H]1[C@H](O)CC[NH+](C)[C@@H]1C. The van der Waals surface area contributed by atoms with Crippen molar-refractivity contribution in [2.75, 3.05) is 13.6 Å². The van der Waals surface area contributed by atoms with Crippen LogP contribution in [0.25, 0.3) is 0 Å². The van der Waals surface area contributed by atoms with Gasteiger partial charge < -0.3 is 10.0 Å². The van der Waals surface area contributed by atoms with Crippen LogP contribution >= 0.6 is 0 Å². The van der Waals surface area contributed by atoms with Gasteiger partial charge >= 0.3 is 0 Å². The molecular formula is C8H18NO+. The normalized spacial score (nSPS) is 49.2. The fourth-order valence-corrected chi connectivity index (χ4v) is 1.65. The summed E-state index contributed by atoms with van der Waals surface area (Å²) in [6, 6.07) is 0.615. The van der Waals surface area contributed by atoms with Crippen molar-refractivity contribution < 1.29 is 10.0 Å². The summed E-state index contributed by atoms with van der Waals surface area (Å²) >= 11 is 0. The minimum Gasteiger partial charge on any atom is -0.392 e. The van der Waals surface area contributed by atoms with E-state index in [0.717, 1.165) is 13.0 Å². The Morgan fingerprint density at radius 2 is 2.00 bits per heavy atom. The minimum atomic E-state index is -0.0568. The summed E-state index contributed by atoms with van der Waals surface area (Å²) in [5, 5.41) is 9.45. The number of hydrogen-bond acceptors (Lipinski definition) is 1. The van der Waals surface area contributed by atoms with E-state index >= 15 is 0 Å². The second-order valence-corrected chi connectivity index (χ2v) is 3.60. The summed E-state index contributed by atoms with van der Waals surface area (Å²) in [6.07, 6.45) is 0.913. The second kappa shape index (κ2) is 2.89. The highest BCUT2D eigenvalue weighted by atomic mass is 16.3. The summed E-state index contributed by atoms with van der Waals surface area (Å²) in [5.41, 5.74) is 0. The predicted octanol–water partition coefficient (Wildman–Crippen LogP) is -0.710. The van der Waals surface area contributed by atoms with E-state index in [0.29, 0.717) is 12.0 Å². The van der Waals surface area contributed by atoms with E-state index in [1.54, 1.807) is 4.90 Å². The Morgan fingerprint density at radius 1 is 1.40 bits per heavy atom. The molecule has 10 heavy (non-hydrogen) atoms. The molecule has 0 aromatic rings. The summed E-state index contributed by atoms with van der Waals surface area (Å²) in [4.78, 5) is 1.55. The molecule has 1 fully saturated rings. The van der Waals surface area contributed by atoms with E-state index in [9.17, 15) is 5.11 Å². The molecular weight excluding hydrogens is 126 g/mol. The van der Waals surface area contributed by atoms with E-state index in [2.05, 4.69) is 20.9 Å². The van der Waals surface area contributed by atoms with Crippen molar-refractivity contribution in [2.24, 2.45) is 5.92 Å². The maximum atomic E-state index is 9.45. The van der Waals surface area contributed by atoms with Crippen molar-refractivity contribution in [1.29, 1.82) is 0 Å². The number of nitrogens with one attached hydrogen (secondary N) is 1. The van der Waals surface area contributed by atoms with E-state index in [1.165, 1.54) is 0 Å². The minimum absolute atomic E-state index is 0.0568. The molecule has 4 atom stereocenters. The fourth-order valence-electron chi connectivity index (χ4n) is 1.65. The number of likely N-dealkylation sites (tertiary alicyclic amines) is 1. The highest BCUT2D eigenvalue weighted by Crippen LogP contribution is 2.12. The quantitative estimate of drug-likeness (QED) is 0.461. The summed E-state index contributed by atoms with van der Waals surface area (Å²) in [5.74, 6) is 0.466. The monoisotopic (exact) mass is 144 g/mol. The average Bonchev–Trinajstić information content (AvgIpc) is 1.93. The van der Waals surface area contributed by atoms with Gasteiger partial charge in [0.25, 0.3) is 0 Å². The molecule has 0 saturated carbocycles. The Morgan fingerprint density at radius 3 is 2.50 bits per heavy atom. The molecule has 0 spiro atoms. The Balaban J connectivity index is 2.52. The van der Waals surface area contributed by atoms with Crippen LogP contribution in [0.3, 0.4) is 0 Å². The van der Waals surface area contributed by atoms with Gasteiger partial charge in [0.05, 0.1) is 25.7 Å². The van der Waals surface area contributed by atoms with Crippen molar-refractivity contribution in [2.45, 2.75) is 32.4 Å². The third-order valence-electron chi connectivity index (χ3n) is 3.01. The van der Waals surface area contributed by atoms with Crippen LogP contribution in [-0.4, -0.2) is 30.8 Å². The molecule has 0 bridgehead atoms. The van der Waals surface area contributed by atoms with E-state index in [4.69, 9.17) is 0 Å². The van der Waals surface area contributed by atoms with Crippen molar-refractivity contribution >= 4 is 0 Å². The summed E-state index contributed by atoms with van der Waals surface area (Å²) in [6.45, 7) is 5.47. The molecule has 1 aliphatic heterocycles. The maximum Gasteiger partial charge on any atom is 0.0894 e. The Kier molecular flexibility index (Phi) is 2.32. The number of aliphatic hydroxyl groups excluding tert-OH is 1. The van der Waals surface area contributed by atoms with Gasteiger partial charge in [-0.1, -0.05) is 6.92 Å². The predicted molar refractivity (Wildman–Crippen MR) is 41.0 cm³/mol. The molecule has 1 unspecified atom stereocenters. The van der Waals surface area contributed by atoms with Crippen LogP contribution in [0.4, 0.5) is 0 Å². The zero-order valence-electron chi connectivity index (χ0n) is 7.09. The first-order valence-corrected chi connectivity index (χ1v) is 4.13. The molecule has 0 aromatic carbocycles. The smallest absolute Gasteiger partial charge is 0.0894 e. The van der Waals surface area contributed by atoms with Crippen molar-refractivity contribution in [3.63, 3.8) is 0 Å². The van der Waals surface area contributed by atoms with Crippen molar-refractivity contribution in [3.8, 4) is 0 Å². The highest BCUT2D eigenvalue weighted by molar-refractivity contribution is 4.72. The Labute approximate surface area is 62.8 Å². The molecule has 1 heterocycles. The lowest BCUT2D eigenvalue weighted by Crippen LogP contribution is -3.14. The van der Waals surface area contributed by atoms with Gasteiger partial charge in [0.15, 0.2) is 0 Å². The van der Waals surface area contributed by atoms with Gasteiger partial charge in [0.2, 0.25) is 0 Å². The first-order chi connectivity index (χ1) is 4.63. The molecule has 60 valence electrons. The molecule has 0 aromatic heterocycles. The van der Waals surface area contributed by atoms with E-state index < -0.39 is 0 Å². The molecule has 1 aliphatic rings. The fraction of sp³-hybridized carbons (Fsp3) is 1.00. The number of aliphatic hydroxyl groups is 1. The molecule has 1 rings (SSSR count). The van der Waals surface area contributed by atoms with Crippen LogP contribution in [0.15, 0.2) is 0 Å². The zero-order valence-corrected chi connectivity index (χ0v) is 7.09.